The number of nitrogens with one attached hydrogen (secondary N) is 1. The third kappa shape index (κ3) is 5.66. The van der Waals surface area contributed by atoms with Gasteiger partial charge in [-0.25, -0.2) is 0 Å². The molecular formula is C17H20ClN5O4. The highest BCUT2D eigenvalue weighted by Gasteiger charge is 2.17. The summed E-state index contributed by atoms with van der Waals surface area (Å²) in [5.74, 6) is 1.18. The highest BCUT2D eigenvalue weighted by Crippen LogP contribution is 2.15. The molecule has 10 heteroatoms. The van der Waals surface area contributed by atoms with Crippen LogP contribution < -0.4 is 19.7 Å². The van der Waals surface area contributed by atoms with Crippen molar-refractivity contribution in [3.63, 3.8) is 0 Å². The minimum atomic E-state index is -0.294. The number of aromatic nitrogens is 3. The maximum absolute atomic E-state index is 12.0. The maximum Gasteiger partial charge on any atom is 0.321 e. The van der Waals surface area contributed by atoms with Crippen molar-refractivity contribution in [1.29, 1.82) is 0 Å². The predicted molar refractivity (Wildman–Crippen MR) is 98.2 cm³/mol. The molecule has 1 saturated heterocycles. The summed E-state index contributed by atoms with van der Waals surface area (Å²) in [6, 6.07) is 6.98. The second-order valence-electron chi connectivity index (χ2n) is 5.66. The van der Waals surface area contributed by atoms with E-state index in [4.69, 9.17) is 25.8 Å². The van der Waals surface area contributed by atoms with Gasteiger partial charge in [0.05, 0.1) is 26.9 Å². The quantitative estimate of drug-likeness (QED) is 0.745. The number of anilines is 1. The molecule has 0 radical (unpaired) electrons. The maximum atomic E-state index is 12.0. The van der Waals surface area contributed by atoms with Gasteiger partial charge >= 0.3 is 6.01 Å². The lowest BCUT2D eigenvalue weighted by atomic mass is 10.3. The summed E-state index contributed by atoms with van der Waals surface area (Å²) in [7, 11) is 1.49. The van der Waals surface area contributed by atoms with Gasteiger partial charge in [0.1, 0.15) is 5.75 Å². The van der Waals surface area contributed by atoms with Crippen LogP contribution in [0.4, 0.5) is 5.95 Å². The molecule has 0 unspecified atom stereocenters. The molecule has 1 fully saturated rings. The molecule has 144 valence electrons. The Bertz CT molecular complexity index is 768. The van der Waals surface area contributed by atoms with Crippen molar-refractivity contribution in [2.24, 2.45) is 0 Å². The Kier molecular flexibility index (Phi) is 6.61. The molecule has 1 amide bonds. The highest BCUT2D eigenvalue weighted by atomic mass is 35.5. The molecule has 3 rings (SSSR count). The minimum absolute atomic E-state index is 0.125. The van der Waals surface area contributed by atoms with E-state index in [-0.39, 0.29) is 25.1 Å². The van der Waals surface area contributed by atoms with E-state index in [2.05, 4.69) is 20.3 Å². The summed E-state index contributed by atoms with van der Waals surface area (Å²) in [6.45, 7) is 2.62. The number of benzene rings is 1. The molecule has 0 saturated carbocycles. The van der Waals surface area contributed by atoms with Crippen LogP contribution in [0.5, 0.6) is 11.8 Å². The number of halogens is 1. The zero-order chi connectivity index (χ0) is 19.1. The second kappa shape index (κ2) is 9.33. The SMILES string of the molecule is COc1nc(CNC(=O)COc2ccc(Cl)cc2)nc(N2CCOCC2)n1. The molecule has 0 atom stereocenters. The largest absolute Gasteiger partial charge is 0.484 e. The first-order chi connectivity index (χ1) is 13.1. The van der Waals surface area contributed by atoms with Crippen LogP contribution in [0.3, 0.4) is 0 Å². The van der Waals surface area contributed by atoms with Crippen LogP contribution in [-0.4, -0.2) is 60.9 Å². The van der Waals surface area contributed by atoms with Crippen molar-refractivity contribution in [3.05, 3.63) is 35.1 Å². The molecular weight excluding hydrogens is 374 g/mol. The summed E-state index contributed by atoms with van der Waals surface area (Å²) in [6.07, 6.45) is 0. The van der Waals surface area contributed by atoms with Crippen LogP contribution in [0.15, 0.2) is 24.3 Å². The minimum Gasteiger partial charge on any atom is -0.484 e. The standard InChI is InChI=1S/C17H20ClN5O4/c1-25-17-21-14(20-16(22-17)23-6-8-26-9-7-23)10-19-15(24)11-27-13-4-2-12(18)3-5-13/h2-5H,6-11H2,1H3,(H,19,24). The molecule has 2 aromatic rings. The molecule has 1 aliphatic heterocycles. The highest BCUT2D eigenvalue weighted by molar-refractivity contribution is 6.30. The van der Waals surface area contributed by atoms with Crippen LogP contribution in [0.1, 0.15) is 5.82 Å². The molecule has 1 N–H and O–H groups in total. The number of morpholine rings is 1. The van der Waals surface area contributed by atoms with Gasteiger partial charge in [0.2, 0.25) is 5.95 Å². The topological polar surface area (TPSA) is 98.7 Å². The van der Waals surface area contributed by atoms with Gasteiger partial charge in [-0.1, -0.05) is 11.6 Å². The number of nitrogens with zero attached hydrogens (tertiary/aromatic N) is 4. The van der Waals surface area contributed by atoms with Gasteiger partial charge in [0.25, 0.3) is 5.91 Å². The van der Waals surface area contributed by atoms with Gasteiger partial charge in [0.15, 0.2) is 12.4 Å². The third-order valence-corrected chi connectivity index (χ3v) is 4.01. The molecule has 9 nitrogen and oxygen atoms in total. The van der Waals surface area contributed by atoms with E-state index in [0.717, 1.165) is 0 Å². The number of hydrogen-bond donors (Lipinski definition) is 1. The predicted octanol–water partition coefficient (Wildman–Crippen LogP) is 1.07. The van der Waals surface area contributed by atoms with E-state index < -0.39 is 0 Å². The molecule has 1 aliphatic rings. The van der Waals surface area contributed by atoms with Gasteiger partial charge in [-0.2, -0.15) is 15.0 Å². The molecule has 1 aromatic heterocycles. The Hall–Kier alpha value is -2.65. The van der Waals surface area contributed by atoms with E-state index in [1.807, 2.05) is 4.90 Å². The van der Waals surface area contributed by atoms with Crippen molar-refractivity contribution < 1.29 is 19.0 Å². The Morgan fingerprint density at radius 3 is 2.67 bits per heavy atom. The van der Waals surface area contributed by atoms with Gasteiger partial charge in [-0.3, -0.25) is 4.79 Å². The summed E-state index contributed by atoms with van der Waals surface area (Å²) in [5.41, 5.74) is 0. The number of hydrogen-bond acceptors (Lipinski definition) is 8. The van der Waals surface area contributed by atoms with E-state index in [1.165, 1.54) is 7.11 Å². The number of rotatable bonds is 7. The Morgan fingerprint density at radius 1 is 1.22 bits per heavy atom. The van der Waals surface area contributed by atoms with Crippen molar-refractivity contribution in [3.8, 4) is 11.8 Å². The molecule has 0 bridgehead atoms. The molecule has 2 heterocycles. The van der Waals surface area contributed by atoms with Crippen LogP contribution in [0.2, 0.25) is 5.02 Å². The monoisotopic (exact) mass is 393 g/mol. The first-order valence-electron chi connectivity index (χ1n) is 8.41. The molecule has 27 heavy (non-hydrogen) atoms. The number of methoxy groups -OCH3 is 1. The molecule has 0 spiro atoms. The Morgan fingerprint density at radius 2 is 1.96 bits per heavy atom. The van der Waals surface area contributed by atoms with Gasteiger partial charge in [0, 0.05) is 18.1 Å². The fraction of sp³-hybridized carbons (Fsp3) is 0.412. The van der Waals surface area contributed by atoms with Crippen LogP contribution in [0.25, 0.3) is 0 Å². The summed E-state index contributed by atoms with van der Waals surface area (Å²) < 4.78 is 15.9. The number of ether oxygens (including phenoxy) is 3. The van der Waals surface area contributed by atoms with E-state index in [0.29, 0.717) is 48.8 Å². The fourth-order valence-corrected chi connectivity index (χ4v) is 2.50. The fourth-order valence-electron chi connectivity index (χ4n) is 2.37. The van der Waals surface area contributed by atoms with E-state index in [1.54, 1.807) is 24.3 Å². The zero-order valence-corrected chi connectivity index (χ0v) is 15.6. The summed E-state index contributed by atoms with van der Waals surface area (Å²) in [4.78, 5) is 26.8. The van der Waals surface area contributed by atoms with Gasteiger partial charge in [-0.15, -0.1) is 0 Å². The van der Waals surface area contributed by atoms with E-state index in [9.17, 15) is 4.79 Å². The van der Waals surface area contributed by atoms with Crippen molar-refractivity contribution >= 4 is 23.5 Å². The van der Waals surface area contributed by atoms with Gasteiger partial charge in [-0.05, 0) is 24.3 Å². The van der Waals surface area contributed by atoms with E-state index >= 15 is 0 Å². The first kappa shape index (κ1) is 19.1. The summed E-state index contributed by atoms with van der Waals surface area (Å²) >= 11 is 5.81. The van der Waals surface area contributed by atoms with Crippen molar-refractivity contribution in [2.45, 2.75) is 6.54 Å². The molecule has 1 aromatic carbocycles. The summed E-state index contributed by atoms with van der Waals surface area (Å²) in [5, 5.41) is 3.32. The molecule has 0 aliphatic carbocycles. The first-order valence-corrected chi connectivity index (χ1v) is 8.78. The van der Waals surface area contributed by atoms with Gasteiger partial charge < -0.3 is 24.4 Å². The lowest BCUT2D eigenvalue weighted by molar-refractivity contribution is -0.123. The lowest BCUT2D eigenvalue weighted by Crippen LogP contribution is -2.38. The normalized spacial score (nSPS) is 13.9. The Labute approximate surface area is 161 Å². The van der Waals surface area contributed by atoms with Crippen molar-refractivity contribution in [2.75, 3.05) is 44.9 Å². The lowest BCUT2D eigenvalue weighted by Gasteiger charge is -2.26. The Balaban J connectivity index is 1.56. The third-order valence-electron chi connectivity index (χ3n) is 3.75. The van der Waals surface area contributed by atoms with Crippen LogP contribution in [-0.2, 0) is 16.1 Å². The van der Waals surface area contributed by atoms with Crippen LogP contribution in [0, 0.1) is 0 Å². The number of carbonyl (C=O) groups excluding carboxylic acids is 1. The second-order valence-corrected chi connectivity index (χ2v) is 6.09. The van der Waals surface area contributed by atoms with Crippen molar-refractivity contribution in [1.82, 2.24) is 20.3 Å². The smallest absolute Gasteiger partial charge is 0.321 e. The van der Waals surface area contributed by atoms with Crippen LogP contribution >= 0.6 is 11.6 Å². The number of carbonyl (C=O) groups is 1. The average Bonchev–Trinajstić information content (AvgIpc) is 2.72. The average molecular weight is 394 g/mol. The zero-order valence-electron chi connectivity index (χ0n) is 14.9. The number of amides is 1.